The fourth-order valence-electron chi connectivity index (χ4n) is 3.99. The van der Waals surface area contributed by atoms with E-state index in [4.69, 9.17) is 9.47 Å². The fraction of sp³-hybridized carbons (Fsp3) is 0.963. The molecule has 0 aliphatic rings. The van der Waals surface area contributed by atoms with Crippen molar-refractivity contribution in [1.29, 1.82) is 0 Å². The van der Waals surface area contributed by atoms with Gasteiger partial charge in [-0.25, -0.2) is 4.79 Å². The van der Waals surface area contributed by atoms with Crippen LogP contribution in [0.1, 0.15) is 130 Å². The molecule has 0 aromatic carbocycles. The van der Waals surface area contributed by atoms with Crippen LogP contribution in [0.2, 0.25) is 0 Å². The van der Waals surface area contributed by atoms with Gasteiger partial charge in [0.05, 0.1) is 6.10 Å². The molecule has 0 aliphatic carbocycles. The van der Waals surface area contributed by atoms with Crippen molar-refractivity contribution < 1.29 is 29.0 Å². The molecule has 0 amide bonds. The highest BCUT2D eigenvalue weighted by atomic mass is 32.2. The number of aliphatic carboxylic acids is 1. The van der Waals surface area contributed by atoms with Crippen LogP contribution in [0.25, 0.3) is 0 Å². The molecule has 0 spiro atoms. The van der Waals surface area contributed by atoms with Gasteiger partial charge < -0.3 is 19.7 Å². The van der Waals surface area contributed by atoms with E-state index in [1.165, 1.54) is 70.6 Å². The molecule has 0 radical (unpaired) electrons. The van der Waals surface area contributed by atoms with Gasteiger partial charge in [0.25, 0.3) is 5.34 Å². The number of unbranched alkanes of at least 4 members (excludes halogenated alkanes) is 12. The summed E-state index contributed by atoms with van der Waals surface area (Å²) in [5.41, 5.74) is 0. The summed E-state index contributed by atoms with van der Waals surface area (Å²) in [5, 5.41) is 17.5. The van der Waals surface area contributed by atoms with E-state index in [0.29, 0.717) is 6.42 Å². The van der Waals surface area contributed by atoms with Crippen LogP contribution < -0.4 is 0 Å². The number of carboxylic acid groups (broad SMARTS) is 1. The number of carbonyl (C=O) groups is 1. The van der Waals surface area contributed by atoms with Crippen LogP contribution in [0.15, 0.2) is 0 Å². The predicted octanol–water partition coefficient (Wildman–Crippen LogP) is 8.20. The molecule has 0 aromatic rings. The van der Waals surface area contributed by atoms with Crippen LogP contribution >= 0.6 is 20.2 Å². The SMILES string of the molecule is CCCCCCCCCCCCSC(CCCCCC)C(C)OC(OCCC)C(O)(P=O)C(=O)O. The van der Waals surface area contributed by atoms with E-state index in [1.807, 2.05) is 25.6 Å². The summed E-state index contributed by atoms with van der Waals surface area (Å²) in [6.07, 6.45) is 17.5. The van der Waals surface area contributed by atoms with Crippen molar-refractivity contribution in [2.75, 3.05) is 12.4 Å². The smallest absolute Gasteiger partial charge is 0.353 e. The fourth-order valence-corrected chi connectivity index (χ4v) is 5.63. The lowest BCUT2D eigenvalue weighted by Crippen LogP contribution is -2.50. The van der Waals surface area contributed by atoms with Crippen molar-refractivity contribution in [3.05, 3.63) is 0 Å². The normalized spacial score (nSPS) is 16.1. The summed E-state index contributed by atoms with van der Waals surface area (Å²) in [7, 11) is -0.941. The number of ether oxygens (including phenoxy) is 2. The Morgan fingerprint density at radius 3 is 1.86 bits per heavy atom. The molecule has 35 heavy (non-hydrogen) atoms. The van der Waals surface area contributed by atoms with Gasteiger partial charge in [-0.05, 0) is 31.9 Å². The van der Waals surface area contributed by atoms with E-state index in [2.05, 4.69) is 13.8 Å². The summed E-state index contributed by atoms with van der Waals surface area (Å²) < 4.78 is 23.0. The van der Waals surface area contributed by atoms with Gasteiger partial charge in [0.15, 0.2) is 0 Å². The number of rotatable bonds is 26. The molecular formula is C27H53O6PS. The molecule has 0 saturated heterocycles. The predicted molar refractivity (Wildman–Crippen MR) is 148 cm³/mol. The van der Waals surface area contributed by atoms with Crippen molar-refractivity contribution >= 4 is 26.2 Å². The van der Waals surface area contributed by atoms with Crippen LogP contribution in [-0.2, 0) is 18.8 Å². The zero-order chi connectivity index (χ0) is 26.4. The Balaban J connectivity index is 4.71. The second kappa shape index (κ2) is 23.0. The van der Waals surface area contributed by atoms with Gasteiger partial charge in [-0.3, -0.25) is 4.57 Å². The minimum atomic E-state index is -2.61. The first-order valence-corrected chi connectivity index (χ1v) is 15.9. The zero-order valence-electron chi connectivity index (χ0n) is 22.8. The van der Waals surface area contributed by atoms with Gasteiger partial charge in [-0.15, -0.1) is 0 Å². The summed E-state index contributed by atoms with van der Waals surface area (Å²) >= 11 is 1.87. The number of carboxylic acids is 1. The van der Waals surface area contributed by atoms with Gasteiger partial charge in [0.2, 0.25) is 14.8 Å². The molecule has 2 N–H and O–H groups in total. The monoisotopic (exact) mass is 536 g/mol. The van der Waals surface area contributed by atoms with E-state index >= 15 is 0 Å². The van der Waals surface area contributed by atoms with E-state index in [0.717, 1.165) is 31.4 Å². The maximum absolute atomic E-state index is 11.6. The van der Waals surface area contributed by atoms with Gasteiger partial charge >= 0.3 is 5.97 Å². The van der Waals surface area contributed by atoms with Crippen LogP contribution in [0.3, 0.4) is 0 Å². The Kier molecular flexibility index (Phi) is 22.8. The van der Waals surface area contributed by atoms with Crippen LogP contribution in [0.4, 0.5) is 0 Å². The largest absolute Gasteiger partial charge is 0.478 e. The highest BCUT2D eigenvalue weighted by molar-refractivity contribution is 7.99. The molecule has 208 valence electrons. The molecule has 0 aromatic heterocycles. The van der Waals surface area contributed by atoms with E-state index in [1.54, 1.807) is 0 Å². The maximum atomic E-state index is 11.6. The second-order valence-corrected chi connectivity index (χ2v) is 11.8. The van der Waals surface area contributed by atoms with E-state index < -0.39 is 26.1 Å². The lowest BCUT2D eigenvalue weighted by Gasteiger charge is -2.32. The molecule has 0 bridgehead atoms. The molecule has 0 rings (SSSR count). The molecule has 0 saturated carbocycles. The molecular weight excluding hydrogens is 483 g/mol. The van der Waals surface area contributed by atoms with Crippen LogP contribution in [0, 0.1) is 0 Å². The Morgan fingerprint density at radius 1 is 0.857 bits per heavy atom. The Morgan fingerprint density at radius 2 is 1.37 bits per heavy atom. The molecule has 0 fully saturated rings. The quantitative estimate of drug-likeness (QED) is 0.0653. The van der Waals surface area contributed by atoms with Crippen molar-refractivity contribution in [3.63, 3.8) is 0 Å². The summed E-state index contributed by atoms with van der Waals surface area (Å²) in [6.45, 7) is 8.45. The molecule has 0 heterocycles. The summed E-state index contributed by atoms with van der Waals surface area (Å²) in [5.74, 6) is -0.577. The molecule has 4 atom stereocenters. The van der Waals surface area contributed by atoms with Crippen LogP contribution in [0.5, 0.6) is 0 Å². The molecule has 4 unspecified atom stereocenters. The first kappa shape index (κ1) is 34.8. The lowest BCUT2D eigenvalue weighted by molar-refractivity contribution is -0.230. The van der Waals surface area contributed by atoms with Gasteiger partial charge in [-0.2, -0.15) is 11.8 Å². The first-order chi connectivity index (χ1) is 16.9. The van der Waals surface area contributed by atoms with Gasteiger partial charge in [-0.1, -0.05) is 104 Å². The number of thioether (sulfide) groups is 1. The number of hydrogen-bond acceptors (Lipinski definition) is 6. The third-order valence-corrected chi connectivity index (χ3v) is 8.54. The van der Waals surface area contributed by atoms with Gasteiger partial charge in [0, 0.05) is 11.9 Å². The minimum Gasteiger partial charge on any atom is -0.478 e. The Hall–Kier alpha value is -0.200. The lowest BCUT2D eigenvalue weighted by atomic mass is 10.1. The van der Waals surface area contributed by atoms with Crippen molar-refractivity contribution in [2.24, 2.45) is 0 Å². The highest BCUT2D eigenvalue weighted by Gasteiger charge is 2.49. The molecule has 0 aliphatic heterocycles. The topological polar surface area (TPSA) is 93.1 Å². The van der Waals surface area contributed by atoms with Crippen LogP contribution in [-0.4, -0.2) is 51.5 Å². The number of hydrogen-bond donors (Lipinski definition) is 2. The zero-order valence-corrected chi connectivity index (χ0v) is 24.6. The minimum absolute atomic E-state index is 0.166. The Bertz CT molecular complexity index is 524. The average Bonchev–Trinajstić information content (AvgIpc) is 2.85. The maximum Gasteiger partial charge on any atom is 0.353 e. The summed E-state index contributed by atoms with van der Waals surface area (Å²) in [6, 6.07) is 0. The third-order valence-electron chi connectivity index (χ3n) is 6.29. The number of aliphatic hydroxyl groups is 1. The van der Waals surface area contributed by atoms with E-state index in [9.17, 15) is 19.6 Å². The Labute approximate surface area is 220 Å². The first-order valence-electron chi connectivity index (χ1n) is 14.1. The van der Waals surface area contributed by atoms with Crippen molar-refractivity contribution in [1.82, 2.24) is 0 Å². The summed E-state index contributed by atoms with van der Waals surface area (Å²) in [4.78, 5) is 11.6. The standard InChI is InChI=1S/C27H53O6PS/c1-5-8-10-12-13-14-15-16-17-19-22-35-24(20-18-11-9-6-2)23(4)33-26(32-21-7-3)27(30,34-31)25(28)29/h23-24,26,30H,5-22H2,1-4H3,(H,28,29). The average molecular weight is 537 g/mol. The van der Waals surface area contributed by atoms with Crippen molar-refractivity contribution in [2.45, 2.75) is 153 Å². The highest BCUT2D eigenvalue weighted by Crippen LogP contribution is 2.32. The molecule has 6 nitrogen and oxygen atoms in total. The second-order valence-electron chi connectivity index (χ2n) is 9.61. The van der Waals surface area contributed by atoms with Crippen molar-refractivity contribution in [3.8, 4) is 0 Å². The third kappa shape index (κ3) is 16.3. The van der Waals surface area contributed by atoms with E-state index in [-0.39, 0.29) is 18.0 Å². The molecule has 8 heteroatoms. The van der Waals surface area contributed by atoms with Gasteiger partial charge in [0.1, 0.15) is 0 Å².